The molecule has 2 heterocycles. The van der Waals surface area contributed by atoms with Gasteiger partial charge in [-0.1, -0.05) is 12.8 Å². The zero-order valence-corrected chi connectivity index (χ0v) is 13.2. The summed E-state index contributed by atoms with van der Waals surface area (Å²) in [4.78, 5) is 21.1. The third kappa shape index (κ3) is 3.04. The van der Waals surface area contributed by atoms with Crippen LogP contribution in [0, 0.1) is 0 Å². The molecule has 2 fully saturated rings. The Bertz CT molecular complexity index is 463. The van der Waals surface area contributed by atoms with Crippen LogP contribution in [-0.2, 0) is 0 Å². The van der Waals surface area contributed by atoms with Gasteiger partial charge in [-0.3, -0.25) is 9.69 Å². The molecule has 5 heteroatoms. The first-order valence-corrected chi connectivity index (χ1v) is 8.18. The van der Waals surface area contributed by atoms with Gasteiger partial charge in [0.2, 0.25) is 0 Å². The first-order valence-electron chi connectivity index (χ1n) is 7.39. The van der Waals surface area contributed by atoms with Crippen LogP contribution in [0.25, 0.3) is 0 Å². The first-order chi connectivity index (χ1) is 9.74. The van der Waals surface area contributed by atoms with Gasteiger partial charge in [0.05, 0.1) is 0 Å². The molecule has 4 nitrogen and oxygen atoms in total. The zero-order valence-electron chi connectivity index (χ0n) is 11.6. The molecule has 0 spiro atoms. The average molecular weight is 338 g/mol. The summed E-state index contributed by atoms with van der Waals surface area (Å²) in [6.45, 7) is 3.67. The number of aromatic nitrogens is 1. The van der Waals surface area contributed by atoms with E-state index in [2.05, 4.69) is 25.8 Å². The maximum atomic E-state index is 12.4. The van der Waals surface area contributed by atoms with Crippen molar-refractivity contribution in [3.05, 3.63) is 28.5 Å². The fraction of sp³-hybridized carbons (Fsp3) is 0.600. The Morgan fingerprint density at radius 1 is 1.15 bits per heavy atom. The van der Waals surface area contributed by atoms with Crippen LogP contribution in [0.3, 0.4) is 0 Å². The second-order valence-electron chi connectivity index (χ2n) is 5.63. The minimum Gasteiger partial charge on any atom is -0.335 e. The van der Waals surface area contributed by atoms with Gasteiger partial charge in [-0.15, -0.1) is 0 Å². The van der Waals surface area contributed by atoms with E-state index in [1.165, 1.54) is 25.7 Å². The molecule has 1 amide bonds. The molecule has 0 atom stereocenters. The summed E-state index contributed by atoms with van der Waals surface area (Å²) < 4.78 is 0.903. The Morgan fingerprint density at radius 2 is 1.85 bits per heavy atom. The molecule has 0 unspecified atom stereocenters. The van der Waals surface area contributed by atoms with Crippen molar-refractivity contribution in [3.8, 4) is 0 Å². The van der Waals surface area contributed by atoms with Gasteiger partial charge in [0.15, 0.2) is 0 Å². The van der Waals surface area contributed by atoms with E-state index in [9.17, 15) is 4.79 Å². The number of nitrogens with zero attached hydrogens (tertiary/aromatic N) is 3. The van der Waals surface area contributed by atoms with E-state index < -0.39 is 0 Å². The normalized spacial score (nSPS) is 21.4. The summed E-state index contributed by atoms with van der Waals surface area (Å²) >= 11 is 3.34. The molecule has 108 valence electrons. The number of rotatable bonds is 2. The number of piperazine rings is 1. The molecule has 0 N–H and O–H groups in total. The van der Waals surface area contributed by atoms with E-state index in [0.29, 0.717) is 5.69 Å². The van der Waals surface area contributed by atoms with Crippen LogP contribution in [0.4, 0.5) is 0 Å². The van der Waals surface area contributed by atoms with Crippen LogP contribution in [-0.4, -0.2) is 52.9 Å². The fourth-order valence-electron chi connectivity index (χ4n) is 3.22. The minimum absolute atomic E-state index is 0.0589. The Kier molecular flexibility index (Phi) is 4.36. The third-order valence-corrected chi connectivity index (χ3v) is 4.86. The monoisotopic (exact) mass is 337 g/mol. The van der Waals surface area contributed by atoms with E-state index in [1.54, 1.807) is 12.3 Å². The van der Waals surface area contributed by atoms with Crippen molar-refractivity contribution in [2.75, 3.05) is 26.2 Å². The Hall–Kier alpha value is -0.940. The topological polar surface area (TPSA) is 36.4 Å². The maximum absolute atomic E-state index is 12.4. The SMILES string of the molecule is O=C(c1ccc(Br)cn1)N1CCN(C2CCCC2)CC1. The maximum Gasteiger partial charge on any atom is 0.272 e. The number of hydrogen-bond donors (Lipinski definition) is 0. The summed E-state index contributed by atoms with van der Waals surface area (Å²) in [6.07, 6.45) is 7.09. The van der Waals surface area contributed by atoms with E-state index in [0.717, 1.165) is 36.7 Å². The second kappa shape index (κ2) is 6.22. The van der Waals surface area contributed by atoms with E-state index >= 15 is 0 Å². The fourth-order valence-corrected chi connectivity index (χ4v) is 3.46. The summed E-state index contributed by atoms with van der Waals surface area (Å²) in [5.41, 5.74) is 0.544. The van der Waals surface area contributed by atoms with E-state index in [4.69, 9.17) is 0 Å². The number of carbonyl (C=O) groups excluding carboxylic acids is 1. The predicted molar refractivity (Wildman–Crippen MR) is 81.7 cm³/mol. The van der Waals surface area contributed by atoms with Crippen molar-refractivity contribution in [1.82, 2.24) is 14.8 Å². The van der Waals surface area contributed by atoms with Crippen molar-refractivity contribution >= 4 is 21.8 Å². The molecule has 1 saturated carbocycles. The molecule has 3 rings (SSSR count). The van der Waals surface area contributed by atoms with Crippen LogP contribution in [0.2, 0.25) is 0 Å². The number of hydrogen-bond acceptors (Lipinski definition) is 3. The smallest absolute Gasteiger partial charge is 0.272 e. The van der Waals surface area contributed by atoms with Gasteiger partial charge in [-0.25, -0.2) is 4.98 Å². The van der Waals surface area contributed by atoms with Crippen LogP contribution < -0.4 is 0 Å². The highest BCUT2D eigenvalue weighted by atomic mass is 79.9. The number of halogens is 1. The molecule has 1 aliphatic carbocycles. The molecule has 0 bridgehead atoms. The van der Waals surface area contributed by atoms with Crippen molar-refractivity contribution in [3.63, 3.8) is 0 Å². The van der Waals surface area contributed by atoms with Crippen molar-refractivity contribution in [2.24, 2.45) is 0 Å². The average Bonchev–Trinajstić information content (AvgIpc) is 3.02. The summed E-state index contributed by atoms with van der Waals surface area (Å²) in [6, 6.07) is 4.42. The van der Waals surface area contributed by atoms with Gasteiger partial charge in [0, 0.05) is 42.9 Å². The molecule has 1 aromatic rings. The molecule has 0 aromatic carbocycles. The van der Waals surface area contributed by atoms with E-state index in [-0.39, 0.29) is 5.91 Å². The molecule has 1 saturated heterocycles. The lowest BCUT2D eigenvalue weighted by Gasteiger charge is -2.37. The van der Waals surface area contributed by atoms with Crippen molar-refractivity contribution in [2.45, 2.75) is 31.7 Å². The van der Waals surface area contributed by atoms with Crippen molar-refractivity contribution < 1.29 is 4.79 Å². The molecule has 0 radical (unpaired) electrons. The van der Waals surface area contributed by atoms with Crippen LogP contribution in [0.1, 0.15) is 36.2 Å². The highest BCUT2D eigenvalue weighted by molar-refractivity contribution is 9.10. The van der Waals surface area contributed by atoms with Gasteiger partial charge in [0.1, 0.15) is 5.69 Å². The summed E-state index contributed by atoms with van der Waals surface area (Å²) in [7, 11) is 0. The lowest BCUT2D eigenvalue weighted by molar-refractivity contribution is 0.0568. The van der Waals surface area contributed by atoms with Gasteiger partial charge in [-0.2, -0.15) is 0 Å². The van der Waals surface area contributed by atoms with Crippen molar-refractivity contribution in [1.29, 1.82) is 0 Å². The largest absolute Gasteiger partial charge is 0.335 e. The molecule has 20 heavy (non-hydrogen) atoms. The standard InChI is InChI=1S/C15H20BrN3O/c16-12-5-6-14(17-11-12)15(20)19-9-7-18(8-10-19)13-3-1-2-4-13/h5-6,11,13H,1-4,7-10H2. The predicted octanol–water partition coefficient (Wildman–Crippen LogP) is 2.54. The first kappa shape index (κ1) is 14.0. The number of pyridine rings is 1. The molecule has 1 aromatic heterocycles. The molecule has 2 aliphatic rings. The zero-order chi connectivity index (χ0) is 13.9. The van der Waals surface area contributed by atoms with Crippen LogP contribution in [0.15, 0.2) is 22.8 Å². The highest BCUT2D eigenvalue weighted by Crippen LogP contribution is 2.24. The molecular formula is C15H20BrN3O. The lowest BCUT2D eigenvalue weighted by atomic mass is 10.1. The molecule has 1 aliphatic heterocycles. The van der Waals surface area contributed by atoms with E-state index in [1.807, 2.05) is 11.0 Å². The van der Waals surface area contributed by atoms with Crippen LogP contribution in [0.5, 0.6) is 0 Å². The molecular weight excluding hydrogens is 318 g/mol. The van der Waals surface area contributed by atoms with Gasteiger partial charge < -0.3 is 4.90 Å². The Labute approximate surface area is 128 Å². The Balaban J connectivity index is 1.57. The second-order valence-corrected chi connectivity index (χ2v) is 6.54. The summed E-state index contributed by atoms with van der Waals surface area (Å²) in [5, 5.41) is 0. The van der Waals surface area contributed by atoms with Crippen LogP contribution >= 0.6 is 15.9 Å². The van der Waals surface area contributed by atoms with Gasteiger partial charge in [0.25, 0.3) is 5.91 Å². The Morgan fingerprint density at radius 3 is 2.45 bits per heavy atom. The highest BCUT2D eigenvalue weighted by Gasteiger charge is 2.28. The van der Waals surface area contributed by atoms with Gasteiger partial charge >= 0.3 is 0 Å². The quantitative estimate of drug-likeness (QED) is 0.832. The summed E-state index contributed by atoms with van der Waals surface area (Å²) in [5.74, 6) is 0.0589. The third-order valence-electron chi connectivity index (χ3n) is 4.39. The van der Waals surface area contributed by atoms with Gasteiger partial charge in [-0.05, 0) is 40.9 Å². The lowest BCUT2D eigenvalue weighted by Crippen LogP contribution is -2.51. The number of amides is 1. The minimum atomic E-state index is 0.0589. The number of carbonyl (C=O) groups is 1.